The topological polar surface area (TPSA) is 91.6 Å². The number of aliphatic imine (C=N–C) groups is 1. The highest BCUT2D eigenvalue weighted by Crippen LogP contribution is 2.15. The molecule has 0 radical (unpaired) electrons. The number of aromatic nitrogens is 2. The zero-order valence-electron chi connectivity index (χ0n) is 16.9. The Morgan fingerprint density at radius 3 is 2.41 bits per heavy atom. The number of hydrogen-bond acceptors (Lipinski definition) is 4. The van der Waals surface area contributed by atoms with E-state index in [0.29, 0.717) is 26.1 Å². The van der Waals surface area contributed by atoms with Gasteiger partial charge in [0.25, 0.3) is 0 Å². The number of guanidine groups is 1. The van der Waals surface area contributed by atoms with Gasteiger partial charge in [0, 0.05) is 51.0 Å². The molecule has 1 aromatic heterocycles. The second-order valence-corrected chi connectivity index (χ2v) is 8.92. The molecule has 27 heavy (non-hydrogen) atoms. The predicted molar refractivity (Wildman–Crippen MR) is 120 cm³/mol. The highest BCUT2D eigenvalue weighted by Gasteiger charge is 2.27. The molecular weight excluding hydrogens is 479 g/mol. The first-order chi connectivity index (χ1) is 12.3. The van der Waals surface area contributed by atoms with Crippen molar-refractivity contribution >= 4 is 40.0 Å². The van der Waals surface area contributed by atoms with Crippen LogP contribution in [-0.4, -0.2) is 60.4 Å². The minimum absolute atomic E-state index is 0. The summed E-state index contributed by atoms with van der Waals surface area (Å²) in [6, 6.07) is 0.227. The summed E-state index contributed by atoms with van der Waals surface area (Å²) < 4.78 is 27.8. The van der Waals surface area contributed by atoms with Gasteiger partial charge in [0.1, 0.15) is 0 Å². The van der Waals surface area contributed by atoms with Crippen molar-refractivity contribution in [3.05, 3.63) is 17.0 Å². The van der Waals surface area contributed by atoms with Gasteiger partial charge in [-0.3, -0.25) is 9.67 Å². The van der Waals surface area contributed by atoms with E-state index in [1.807, 2.05) is 25.6 Å². The van der Waals surface area contributed by atoms with Crippen LogP contribution in [0.15, 0.2) is 4.99 Å². The van der Waals surface area contributed by atoms with Gasteiger partial charge in [0.2, 0.25) is 10.0 Å². The Morgan fingerprint density at radius 2 is 1.93 bits per heavy atom. The molecule has 1 aliphatic rings. The lowest BCUT2D eigenvalue weighted by Gasteiger charge is -2.32. The van der Waals surface area contributed by atoms with E-state index in [4.69, 9.17) is 0 Å². The van der Waals surface area contributed by atoms with E-state index in [2.05, 4.69) is 27.6 Å². The zero-order chi connectivity index (χ0) is 19.3. The van der Waals surface area contributed by atoms with Gasteiger partial charge in [-0.25, -0.2) is 12.7 Å². The molecule has 1 aromatic rings. The van der Waals surface area contributed by atoms with E-state index in [0.717, 1.165) is 30.2 Å². The first-order valence-electron chi connectivity index (χ1n) is 9.22. The van der Waals surface area contributed by atoms with Crippen molar-refractivity contribution in [1.29, 1.82) is 0 Å². The van der Waals surface area contributed by atoms with E-state index in [1.54, 1.807) is 11.4 Å². The quantitative estimate of drug-likeness (QED) is 0.343. The van der Waals surface area contributed by atoms with Crippen LogP contribution in [-0.2, 0) is 23.6 Å². The van der Waals surface area contributed by atoms with Crippen LogP contribution in [0.1, 0.15) is 43.1 Å². The van der Waals surface area contributed by atoms with Crippen LogP contribution in [0.2, 0.25) is 0 Å². The van der Waals surface area contributed by atoms with E-state index >= 15 is 0 Å². The highest BCUT2D eigenvalue weighted by atomic mass is 127. The van der Waals surface area contributed by atoms with Gasteiger partial charge in [-0.1, -0.05) is 6.92 Å². The number of aryl methyl sites for hydroxylation is 2. The number of nitrogens with one attached hydrogen (secondary N) is 2. The van der Waals surface area contributed by atoms with Crippen LogP contribution < -0.4 is 10.6 Å². The summed E-state index contributed by atoms with van der Waals surface area (Å²) >= 11 is 0. The van der Waals surface area contributed by atoms with Gasteiger partial charge in [0.15, 0.2) is 5.96 Å². The number of nitrogens with zero attached hydrogens (tertiary/aromatic N) is 4. The lowest BCUT2D eigenvalue weighted by atomic mass is 10.1. The Morgan fingerprint density at radius 1 is 1.30 bits per heavy atom. The Hall–Kier alpha value is -0.880. The molecule has 0 aliphatic carbocycles. The van der Waals surface area contributed by atoms with Crippen LogP contribution in [0.4, 0.5) is 0 Å². The maximum Gasteiger partial charge on any atom is 0.214 e. The molecule has 0 atom stereocenters. The molecule has 1 fully saturated rings. The van der Waals surface area contributed by atoms with Gasteiger partial charge in [-0.2, -0.15) is 5.10 Å². The molecule has 0 saturated carbocycles. The molecule has 2 N–H and O–H groups in total. The zero-order valence-corrected chi connectivity index (χ0v) is 20.1. The van der Waals surface area contributed by atoms with Crippen LogP contribution in [0.5, 0.6) is 0 Å². The summed E-state index contributed by atoms with van der Waals surface area (Å²) in [5.74, 6) is 0.973. The normalized spacial score (nSPS) is 16.9. The number of hydrogen-bond donors (Lipinski definition) is 2. The van der Waals surface area contributed by atoms with Crippen LogP contribution in [0.3, 0.4) is 0 Å². The largest absolute Gasteiger partial charge is 0.354 e. The van der Waals surface area contributed by atoms with E-state index in [-0.39, 0.29) is 35.8 Å². The maximum atomic E-state index is 12.2. The van der Waals surface area contributed by atoms with Crippen molar-refractivity contribution in [3.63, 3.8) is 0 Å². The monoisotopic (exact) mass is 512 g/mol. The first-order valence-corrected chi connectivity index (χ1v) is 10.8. The summed E-state index contributed by atoms with van der Waals surface area (Å²) in [7, 11) is 0.599. The van der Waals surface area contributed by atoms with Crippen LogP contribution in [0.25, 0.3) is 0 Å². The summed E-state index contributed by atoms with van der Waals surface area (Å²) in [6.07, 6.45) is 2.23. The van der Waals surface area contributed by atoms with E-state index in [1.165, 1.54) is 5.56 Å². The molecule has 10 heteroatoms. The molecule has 1 aliphatic heterocycles. The molecule has 0 bridgehead atoms. The fourth-order valence-electron chi connectivity index (χ4n) is 3.30. The number of halogens is 1. The van der Waals surface area contributed by atoms with Gasteiger partial charge in [-0.15, -0.1) is 24.0 Å². The van der Waals surface area contributed by atoms with Gasteiger partial charge < -0.3 is 10.6 Å². The van der Waals surface area contributed by atoms with Crippen LogP contribution in [0, 0.1) is 13.8 Å². The molecule has 8 nitrogen and oxygen atoms in total. The molecule has 0 spiro atoms. The predicted octanol–water partition coefficient (Wildman–Crippen LogP) is 1.52. The summed E-state index contributed by atoms with van der Waals surface area (Å²) in [5, 5.41) is 11.2. The average molecular weight is 512 g/mol. The number of sulfonamides is 1. The summed E-state index contributed by atoms with van der Waals surface area (Å²) in [5.41, 5.74) is 3.33. The standard InChI is InChI=1S/C17H32N6O2S.HI/c1-6-11-26(24,25)23-9-7-15(8-10-23)20-17(18-4)19-12-16-13(2)21-22(5)14(16)3;/h15H,6-12H2,1-5H3,(H2,18,19,20);1H. The van der Waals surface area contributed by atoms with E-state index < -0.39 is 10.0 Å². The average Bonchev–Trinajstić information content (AvgIpc) is 2.84. The SMILES string of the molecule is CCCS(=O)(=O)N1CCC(NC(=NC)NCc2c(C)nn(C)c2C)CC1.I. The highest BCUT2D eigenvalue weighted by molar-refractivity contribution is 14.0. The smallest absolute Gasteiger partial charge is 0.214 e. The minimum Gasteiger partial charge on any atom is -0.354 e. The third kappa shape index (κ3) is 6.31. The summed E-state index contributed by atoms with van der Waals surface area (Å²) in [6.45, 7) is 7.75. The number of piperidine rings is 1. The van der Waals surface area contributed by atoms with Crippen molar-refractivity contribution in [3.8, 4) is 0 Å². The fraction of sp³-hybridized carbons (Fsp3) is 0.765. The second kappa shape index (κ2) is 10.6. The molecule has 0 aromatic carbocycles. The molecule has 0 amide bonds. The van der Waals surface area contributed by atoms with Gasteiger partial charge >= 0.3 is 0 Å². The van der Waals surface area contributed by atoms with Gasteiger partial charge in [-0.05, 0) is 33.1 Å². The molecule has 1 saturated heterocycles. The summed E-state index contributed by atoms with van der Waals surface area (Å²) in [4.78, 5) is 4.30. The Balaban J connectivity index is 0.00000364. The lowest BCUT2D eigenvalue weighted by molar-refractivity contribution is 0.306. The minimum atomic E-state index is -3.09. The molecular formula is C17H33IN6O2S. The molecule has 2 rings (SSSR count). The Bertz CT molecular complexity index is 739. The Kier molecular flexibility index (Phi) is 9.49. The Labute approximate surface area is 180 Å². The second-order valence-electron chi connectivity index (χ2n) is 6.83. The van der Waals surface area contributed by atoms with Crippen molar-refractivity contribution in [2.75, 3.05) is 25.9 Å². The molecule has 0 unspecified atom stereocenters. The van der Waals surface area contributed by atoms with Crippen molar-refractivity contribution in [2.24, 2.45) is 12.0 Å². The lowest BCUT2D eigenvalue weighted by Crippen LogP contribution is -2.49. The molecule has 156 valence electrons. The fourth-order valence-corrected chi connectivity index (χ4v) is 4.84. The first kappa shape index (κ1) is 24.2. The van der Waals surface area contributed by atoms with Crippen molar-refractivity contribution < 1.29 is 8.42 Å². The molecule has 2 heterocycles. The van der Waals surface area contributed by atoms with Crippen molar-refractivity contribution in [1.82, 2.24) is 24.7 Å². The third-order valence-corrected chi connectivity index (χ3v) is 7.04. The van der Waals surface area contributed by atoms with Crippen LogP contribution >= 0.6 is 24.0 Å². The third-order valence-electron chi connectivity index (χ3n) is 4.97. The van der Waals surface area contributed by atoms with Gasteiger partial charge in [0.05, 0.1) is 11.4 Å². The number of rotatable bonds is 6. The maximum absolute atomic E-state index is 12.2. The van der Waals surface area contributed by atoms with E-state index in [9.17, 15) is 8.42 Å². The van der Waals surface area contributed by atoms with Crippen molar-refractivity contribution in [2.45, 2.75) is 52.6 Å².